The van der Waals surface area contributed by atoms with Crippen molar-refractivity contribution in [2.75, 3.05) is 19.7 Å². The Hall–Kier alpha value is -0.120. The molecule has 0 aliphatic heterocycles. The Morgan fingerprint density at radius 1 is 1.21 bits per heavy atom. The maximum Gasteiger partial charge on any atom is 0.0897 e. The lowest BCUT2D eigenvalue weighted by Gasteiger charge is -2.27. The molecule has 0 aromatic carbocycles. The molecular weight excluding hydrogens is 238 g/mol. The van der Waals surface area contributed by atoms with E-state index in [4.69, 9.17) is 4.74 Å². The van der Waals surface area contributed by atoms with Crippen LogP contribution in [0.4, 0.5) is 0 Å². The molecular formula is C16H33NO2. The minimum absolute atomic E-state index is 0.369. The topological polar surface area (TPSA) is 41.5 Å². The highest BCUT2D eigenvalue weighted by molar-refractivity contribution is 4.71. The molecule has 0 amide bonds. The highest BCUT2D eigenvalue weighted by Crippen LogP contribution is 2.25. The number of ether oxygens (including phenoxy) is 1. The monoisotopic (exact) mass is 271 g/mol. The molecule has 1 rings (SSSR count). The summed E-state index contributed by atoms with van der Waals surface area (Å²) in [6.45, 7) is 8.87. The molecule has 0 radical (unpaired) electrons. The van der Waals surface area contributed by atoms with Gasteiger partial charge in [-0.15, -0.1) is 0 Å². The summed E-state index contributed by atoms with van der Waals surface area (Å²) in [6.07, 6.45) is 7.34. The molecule has 0 spiro atoms. The van der Waals surface area contributed by atoms with Crippen LogP contribution >= 0.6 is 0 Å². The minimum atomic E-state index is -0.369. The Kier molecular flexibility index (Phi) is 8.67. The van der Waals surface area contributed by atoms with Crippen LogP contribution in [0.15, 0.2) is 0 Å². The average molecular weight is 271 g/mol. The maximum absolute atomic E-state index is 9.92. The maximum atomic E-state index is 9.92. The van der Waals surface area contributed by atoms with Gasteiger partial charge in [-0.25, -0.2) is 0 Å². The molecule has 0 heterocycles. The van der Waals surface area contributed by atoms with Crippen molar-refractivity contribution in [3.05, 3.63) is 0 Å². The Morgan fingerprint density at radius 3 is 2.58 bits per heavy atom. The van der Waals surface area contributed by atoms with Crippen LogP contribution in [0.2, 0.25) is 0 Å². The molecule has 0 saturated heterocycles. The summed E-state index contributed by atoms with van der Waals surface area (Å²) in [7, 11) is 0. The smallest absolute Gasteiger partial charge is 0.0897 e. The number of hydrogen-bond acceptors (Lipinski definition) is 3. The van der Waals surface area contributed by atoms with Crippen LogP contribution in [0.5, 0.6) is 0 Å². The van der Waals surface area contributed by atoms with Crippen LogP contribution in [0.1, 0.15) is 59.3 Å². The van der Waals surface area contributed by atoms with Gasteiger partial charge in [0.25, 0.3) is 0 Å². The second-order valence-corrected chi connectivity index (χ2v) is 6.22. The van der Waals surface area contributed by atoms with Gasteiger partial charge in [-0.1, -0.05) is 46.5 Å². The van der Waals surface area contributed by atoms with Crippen LogP contribution in [0.3, 0.4) is 0 Å². The van der Waals surface area contributed by atoms with Crippen LogP contribution in [0, 0.1) is 11.8 Å². The Labute approximate surface area is 119 Å². The zero-order valence-corrected chi connectivity index (χ0v) is 13.0. The molecule has 114 valence electrons. The first-order valence-corrected chi connectivity index (χ1v) is 8.16. The van der Waals surface area contributed by atoms with Crippen LogP contribution in [-0.4, -0.2) is 37.0 Å². The van der Waals surface area contributed by atoms with E-state index in [1.54, 1.807) is 0 Å². The van der Waals surface area contributed by atoms with Crippen molar-refractivity contribution < 1.29 is 9.84 Å². The first-order valence-electron chi connectivity index (χ1n) is 8.16. The molecule has 3 heteroatoms. The van der Waals surface area contributed by atoms with Crippen molar-refractivity contribution in [3.63, 3.8) is 0 Å². The number of aliphatic hydroxyl groups is 1. The van der Waals surface area contributed by atoms with Crippen molar-refractivity contribution in [1.29, 1.82) is 0 Å². The molecule has 0 aromatic rings. The van der Waals surface area contributed by atoms with E-state index in [-0.39, 0.29) is 6.10 Å². The van der Waals surface area contributed by atoms with E-state index < -0.39 is 0 Å². The van der Waals surface area contributed by atoms with Gasteiger partial charge in [-0.05, 0) is 31.2 Å². The molecule has 0 bridgehead atoms. The summed E-state index contributed by atoms with van der Waals surface area (Å²) in [5, 5.41) is 13.3. The van der Waals surface area contributed by atoms with Gasteiger partial charge >= 0.3 is 0 Å². The van der Waals surface area contributed by atoms with E-state index in [0.717, 1.165) is 31.2 Å². The predicted molar refractivity (Wildman–Crippen MR) is 80.3 cm³/mol. The zero-order valence-electron chi connectivity index (χ0n) is 13.0. The number of nitrogens with one attached hydrogen (secondary N) is 1. The Bertz CT molecular complexity index is 219. The molecule has 1 aliphatic rings. The van der Waals surface area contributed by atoms with Gasteiger partial charge < -0.3 is 15.2 Å². The molecule has 3 nitrogen and oxygen atoms in total. The highest BCUT2D eigenvalue weighted by Gasteiger charge is 2.20. The van der Waals surface area contributed by atoms with Gasteiger partial charge in [0.05, 0.1) is 18.8 Å². The van der Waals surface area contributed by atoms with Gasteiger partial charge in [0.1, 0.15) is 0 Å². The summed E-state index contributed by atoms with van der Waals surface area (Å²) < 4.78 is 5.84. The van der Waals surface area contributed by atoms with E-state index >= 15 is 0 Å². The number of aliphatic hydroxyl groups excluding tert-OH is 1. The van der Waals surface area contributed by atoms with E-state index in [1.807, 2.05) is 0 Å². The van der Waals surface area contributed by atoms with Gasteiger partial charge in [0.15, 0.2) is 0 Å². The third-order valence-corrected chi connectivity index (χ3v) is 4.38. The van der Waals surface area contributed by atoms with Gasteiger partial charge in [-0.2, -0.15) is 0 Å². The lowest BCUT2D eigenvalue weighted by atomic mass is 9.89. The predicted octanol–water partition coefficient (Wildman–Crippen LogP) is 2.97. The summed E-state index contributed by atoms with van der Waals surface area (Å²) in [5.74, 6) is 1.51. The lowest BCUT2D eigenvalue weighted by Crippen LogP contribution is -2.35. The highest BCUT2D eigenvalue weighted by atomic mass is 16.5. The summed E-state index contributed by atoms with van der Waals surface area (Å²) in [6, 6.07) is 0. The number of hydrogen-bond donors (Lipinski definition) is 2. The molecule has 3 atom stereocenters. The van der Waals surface area contributed by atoms with Gasteiger partial charge in [0.2, 0.25) is 0 Å². The molecule has 0 aromatic heterocycles. The fraction of sp³-hybridized carbons (Fsp3) is 1.00. The van der Waals surface area contributed by atoms with Crippen molar-refractivity contribution in [2.45, 2.75) is 71.5 Å². The fourth-order valence-electron chi connectivity index (χ4n) is 2.87. The van der Waals surface area contributed by atoms with Crippen molar-refractivity contribution >= 4 is 0 Å². The van der Waals surface area contributed by atoms with Crippen LogP contribution in [0.25, 0.3) is 0 Å². The standard InChI is InChI=1S/C16H33NO2/c1-4-14(5-2)10-17-11-15(18)12-19-16-8-6-7-13(3)9-16/h13-18H,4-12H2,1-3H3. The first kappa shape index (κ1) is 16.9. The largest absolute Gasteiger partial charge is 0.389 e. The SMILES string of the molecule is CCC(CC)CNCC(O)COC1CCCC(C)C1. The molecule has 19 heavy (non-hydrogen) atoms. The van der Waals surface area contributed by atoms with E-state index in [9.17, 15) is 5.11 Å². The Balaban J connectivity index is 2.05. The van der Waals surface area contributed by atoms with Crippen LogP contribution in [-0.2, 0) is 4.74 Å². The third-order valence-electron chi connectivity index (χ3n) is 4.38. The van der Waals surface area contributed by atoms with E-state index in [1.165, 1.54) is 25.7 Å². The lowest BCUT2D eigenvalue weighted by molar-refractivity contribution is -0.0307. The zero-order chi connectivity index (χ0) is 14.1. The van der Waals surface area contributed by atoms with E-state index in [2.05, 4.69) is 26.1 Å². The minimum Gasteiger partial charge on any atom is -0.389 e. The van der Waals surface area contributed by atoms with Gasteiger partial charge in [0, 0.05) is 6.54 Å². The van der Waals surface area contributed by atoms with Crippen molar-refractivity contribution in [1.82, 2.24) is 5.32 Å². The Morgan fingerprint density at radius 2 is 1.95 bits per heavy atom. The molecule has 1 fully saturated rings. The second kappa shape index (κ2) is 9.73. The second-order valence-electron chi connectivity index (χ2n) is 6.22. The quantitative estimate of drug-likeness (QED) is 0.677. The summed E-state index contributed by atoms with van der Waals surface area (Å²) in [4.78, 5) is 0. The first-order chi connectivity index (χ1) is 9.15. The molecule has 1 aliphatic carbocycles. The summed E-state index contributed by atoms with van der Waals surface area (Å²) in [5.41, 5.74) is 0. The fourth-order valence-corrected chi connectivity index (χ4v) is 2.87. The third kappa shape index (κ3) is 7.28. The average Bonchev–Trinajstić information content (AvgIpc) is 2.41. The van der Waals surface area contributed by atoms with Gasteiger partial charge in [-0.3, -0.25) is 0 Å². The summed E-state index contributed by atoms with van der Waals surface area (Å²) >= 11 is 0. The van der Waals surface area contributed by atoms with E-state index in [0.29, 0.717) is 19.3 Å². The molecule has 3 unspecified atom stereocenters. The molecule has 2 N–H and O–H groups in total. The van der Waals surface area contributed by atoms with Crippen molar-refractivity contribution in [2.24, 2.45) is 11.8 Å². The molecule has 1 saturated carbocycles. The number of rotatable bonds is 9. The van der Waals surface area contributed by atoms with Crippen molar-refractivity contribution in [3.8, 4) is 0 Å². The van der Waals surface area contributed by atoms with Crippen LogP contribution < -0.4 is 5.32 Å². The normalized spacial score (nSPS) is 25.7.